The van der Waals surface area contributed by atoms with Gasteiger partial charge in [-0.05, 0) is 17.7 Å². The van der Waals surface area contributed by atoms with Gasteiger partial charge in [0.1, 0.15) is 0 Å². The summed E-state index contributed by atoms with van der Waals surface area (Å²) in [6.07, 6.45) is 0. The summed E-state index contributed by atoms with van der Waals surface area (Å²) in [7, 11) is 0. The number of cyclic esters (lactones) is 1. The number of halogens is 1. The molecule has 2 aromatic rings. The molecule has 5 heteroatoms. The molecule has 1 atom stereocenters. The van der Waals surface area contributed by atoms with Crippen molar-refractivity contribution in [2.45, 2.75) is 31.4 Å². The zero-order valence-corrected chi connectivity index (χ0v) is 16.0. The van der Waals surface area contributed by atoms with Gasteiger partial charge in [-0.3, -0.25) is 0 Å². The topological polar surface area (TPSA) is 38.7 Å². The van der Waals surface area contributed by atoms with Crippen molar-refractivity contribution in [1.82, 2.24) is 0 Å². The molecule has 0 saturated carbocycles. The highest BCUT2D eigenvalue weighted by molar-refractivity contribution is 8.00. The summed E-state index contributed by atoms with van der Waals surface area (Å²) in [6, 6.07) is 17.3. The second kappa shape index (κ2) is 6.85. The van der Waals surface area contributed by atoms with Gasteiger partial charge in [-0.15, -0.1) is 11.8 Å². The van der Waals surface area contributed by atoms with E-state index in [0.717, 1.165) is 5.56 Å². The molecule has 0 fully saturated rings. The molecule has 0 N–H and O–H groups in total. The maximum atomic E-state index is 12.9. The molecular weight excluding hydrogens is 354 g/mol. The van der Waals surface area contributed by atoms with Crippen LogP contribution in [0.15, 0.2) is 59.6 Å². The molecule has 0 saturated heterocycles. The molecule has 0 aliphatic carbocycles. The molecular formula is C20H20ClNO2S. The molecule has 3 rings (SSSR count). The van der Waals surface area contributed by atoms with Crippen molar-refractivity contribution in [2.24, 2.45) is 10.4 Å². The van der Waals surface area contributed by atoms with E-state index in [1.165, 1.54) is 11.8 Å². The monoisotopic (exact) mass is 373 g/mol. The van der Waals surface area contributed by atoms with Crippen LogP contribution < -0.4 is 0 Å². The number of nitrogens with zero attached hydrogens (tertiary/aromatic N) is 1. The molecule has 1 aliphatic rings. The van der Waals surface area contributed by atoms with Crippen LogP contribution in [0.2, 0.25) is 5.02 Å². The van der Waals surface area contributed by atoms with Crippen molar-refractivity contribution in [2.75, 3.05) is 0 Å². The van der Waals surface area contributed by atoms with Crippen molar-refractivity contribution in [1.29, 1.82) is 0 Å². The zero-order chi connectivity index (χ0) is 18.1. The third-order valence-electron chi connectivity index (χ3n) is 4.14. The van der Waals surface area contributed by atoms with Crippen LogP contribution in [0.25, 0.3) is 0 Å². The van der Waals surface area contributed by atoms with E-state index < -0.39 is 10.3 Å². The van der Waals surface area contributed by atoms with E-state index in [0.29, 0.717) is 22.2 Å². The Hall–Kier alpha value is -1.78. The minimum Gasteiger partial charge on any atom is -0.405 e. The van der Waals surface area contributed by atoms with Gasteiger partial charge >= 0.3 is 5.97 Å². The van der Waals surface area contributed by atoms with E-state index in [9.17, 15) is 4.79 Å². The Balaban J connectivity index is 1.97. The van der Waals surface area contributed by atoms with Crippen LogP contribution >= 0.6 is 23.4 Å². The van der Waals surface area contributed by atoms with Gasteiger partial charge in [-0.25, -0.2) is 9.79 Å². The van der Waals surface area contributed by atoms with Gasteiger partial charge in [0, 0.05) is 11.2 Å². The van der Waals surface area contributed by atoms with Gasteiger partial charge in [-0.2, -0.15) is 0 Å². The number of hydrogen-bond donors (Lipinski definition) is 0. The smallest absolute Gasteiger partial charge is 0.351 e. The highest BCUT2D eigenvalue weighted by Gasteiger charge is 2.55. The first kappa shape index (κ1) is 18.0. The first-order chi connectivity index (χ1) is 11.8. The van der Waals surface area contributed by atoms with E-state index in [1.807, 2.05) is 69.3 Å². The number of ether oxygens (including phenoxy) is 1. The second-order valence-electron chi connectivity index (χ2n) is 6.95. The minimum absolute atomic E-state index is 0.297. The number of benzene rings is 2. The molecule has 130 valence electrons. The first-order valence-electron chi connectivity index (χ1n) is 8.08. The average Bonchev–Trinajstić information content (AvgIpc) is 2.92. The fraction of sp³-hybridized carbons (Fsp3) is 0.300. The predicted octanol–water partition coefficient (Wildman–Crippen LogP) is 5.32. The summed E-state index contributed by atoms with van der Waals surface area (Å²) in [6.45, 7) is 6.02. The molecule has 0 spiro atoms. The Kier molecular flexibility index (Phi) is 4.94. The van der Waals surface area contributed by atoms with Crippen LogP contribution in [0.3, 0.4) is 0 Å². The van der Waals surface area contributed by atoms with Crippen LogP contribution in [0.1, 0.15) is 31.9 Å². The van der Waals surface area contributed by atoms with Gasteiger partial charge in [0.2, 0.25) is 10.8 Å². The fourth-order valence-electron chi connectivity index (χ4n) is 2.66. The Morgan fingerprint density at radius 2 is 1.72 bits per heavy atom. The molecule has 0 aromatic heterocycles. The van der Waals surface area contributed by atoms with Gasteiger partial charge in [0.05, 0.1) is 10.6 Å². The Morgan fingerprint density at radius 3 is 2.36 bits per heavy atom. The quantitative estimate of drug-likeness (QED) is 0.681. The van der Waals surface area contributed by atoms with E-state index in [4.69, 9.17) is 21.3 Å². The van der Waals surface area contributed by atoms with Crippen molar-refractivity contribution in [3.05, 3.63) is 70.7 Å². The van der Waals surface area contributed by atoms with Crippen LogP contribution in [0, 0.1) is 5.41 Å². The standard InChI is InChI=1S/C20H20ClNO2S/c1-19(2,3)20(25-13-14-9-5-4-6-10-14)18(23)24-17(22-20)15-11-7-8-12-16(15)21/h4-12H,13H2,1-3H3/t20-/m0/s1. The number of thioether (sulfide) groups is 1. The number of carbonyl (C=O) groups excluding carboxylic acids is 1. The number of rotatable bonds is 4. The Bertz CT molecular complexity index is 814. The van der Waals surface area contributed by atoms with Crippen LogP contribution in [0.4, 0.5) is 0 Å². The second-order valence-corrected chi connectivity index (χ2v) is 8.53. The van der Waals surface area contributed by atoms with Gasteiger partial charge in [-0.1, -0.05) is 74.8 Å². The molecule has 0 bridgehead atoms. The van der Waals surface area contributed by atoms with E-state index in [2.05, 4.69) is 0 Å². The summed E-state index contributed by atoms with van der Waals surface area (Å²) in [5.41, 5.74) is 1.38. The summed E-state index contributed by atoms with van der Waals surface area (Å²) in [4.78, 5) is 16.6. The Morgan fingerprint density at radius 1 is 1.08 bits per heavy atom. The SMILES string of the molecule is CC(C)(C)[C@]1(SCc2ccccc2)N=C(c2ccccc2Cl)OC1=O. The molecule has 1 heterocycles. The first-order valence-corrected chi connectivity index (χ1v) is 9.45. The third kappa shape index (κ3) is 3.46. The lowest BCUT2D eigenvalue weighted by molar-refractivity contribution is -0.138. The van der Waals surface area contributed by atoms with Crippen LogP contribution in [0.5, 0.6) is 0 Å². The summed E-state index contributed by atoms with van der Waals surface area (Å²) >= 11 is 7.75. The normalized spacial score (nSPS) is 20.3. The van der Waals surface area contributed by atoms with Gasteiger partial charge in [0.15, 0.2) is 0 Å². The summed E-state index contributed by atoms with van der Waals surface area (Å²) in [5.74, 6) is 0.633. The number of esters is 1. The van der Waals surface area contributed by atoms with Crippen LogP contribution in [-0.2, 0) is 15.3 Å². The summed E-state index contributed by atoms with van der Waals surface area (Å²) < 4.78 is 5.56. The van der Waals surface area contributed by atoms with Crippen LogP contribution in [-0.4, -0.2) is 16.7 Å². The van der Waals surface area contributed by atoms with Gasteiger partial charge in [0.25, 0.3) is 0 Å². The van der Waals surface area contributed by atoms with E-state index in [1.54, 1.807) is 6.07 Å². The average molecular weight is 374 g/mol. The maximum absolute atomic E-state index is 12.9. The fourth-order valence-corrected chi connectivity index (χ4v) is 4.19. The van der Waals surface area contributed by atoms with Crippen molar-refractivity contribution < 1.29 is 9.53 Å². The largest absolute Gasteiger partial charge is 0.405 e. The molecule has 25 heavy (non-hydrogen) atoms. The molecule has 2 aromatic carbocycles. The molecule has 1 aliphatic heterocycles. The number of hydrogen-bond acceptors (Lipinski definition) is 4. The predicted molar refractivity (Wildman–Crippen MR) is 104 cm³/mol. The minimum atomic E-state index is -1.00. The van der Waals surface area contributed by atoms with Gasteiger partial charge < -0.3 is 4.74 Å². The highest BCUT2D eigenvalue weighted by atomic mass is 35.5. The van der Waals surface area contributed by atoms with Crippen molar-refractivity contribution in [3.8, 4) is 0 Å². The van der Waals surface area contributed by atoms with E-state index in [-0.39, 0.29) is 5.97 Å². The lowest BCUT2D eigenvalue weighted by Gasteiger charge is -2.34. The van der Waals surface area contributed by atoms with E-state index >= 15 is 0 Å². The maximum Gasteiger partial charge on any atom is 0.351 e. The molecule has 0 radical (unpaired) electrons. The zero-order valence-electron chi connectivity index (χ0n) is 14.5. The third-order valence-corrected chi connectivity index (χ3v) is 6.23. The number of aliphatic imine (C=N–C) groups is 1. The molecule has 0 amide bonds. The summed E-state index contributed by atoms with van der Waals surface area (Å²) in [5, 5.41) is 0.520. The molecule has 0 unspecified atom stereocenters. The molecule has 3 nitrogen and oxygen atoms in total. The van der Waals surface area contributed by atoms with Crippen molar-refractivity contribution >= 4 is 35.2 Å². The Labute approximate surface area is 157 Å². The highest BCUT2D eigenvalue weighted by Crippen LogP contribution is 2.48. The number of carbonyl (C=O) groups is 1. The van der Waals surface area contributed by atoms with Crippen molar-refractivity contribution in [3.63, 3.8) is 0 Å². The lowest BCUT2D eigenvalue weighted by atomic mass is 9.86. The lowest BCUT2D eigenvalue weighted by Crippen LogP contribution is -2.43.